The standard InChI is InChI=1S/C41H53ClF3N5O9S/c1-22(2)57-31-19-28-27(13-10-14-29(28)42)34(46-31)58-26-18-30-33(51)48-40(36(53)49-60(55,56)39(7)15-16-39)20-25(40)12-9-8-11-23(3)17-24(4)32(35(52)50(30)21-26)47-37(54)59-38(5,6)41(43,44)45/h9-10,12-14,19,22-26,30,32H,8,11,15-18,20-21H2,1-7H3,(H,47,54)(H,48,51)(H,49,53)/b12-9-/t23-,24+,25?,26+,30-,32-,40+/m0/s1. The van der Waals surface area contributed by atoms with Crippen molar-refractivity contribution in [3.05, 3.63) is 41.4 Å². The minimum absolute atomic E-state index is 0.0528. The number of hydrogen-bond donors (Lipinski definition) is 3. The Morgan fingerprint density at radius 3 is 2.45 bits per heavy atom. The van der Waals surface area contributed by atoms with E-state index in [9.17, 15) is 40.8 Å². The van der Waals surface area contributed by atoms with Crippen LogP contribution in [-0.2, 0) is 29.1 Å². The van der Waals surface area contributed by atoms with Crippen molar-refractivity contribution >= 4 is 56.2 Å². The zero-order valence-corrected chi connectivity index (χ0v) is 36.2. The van der Waals surface area contributed by atoms with Crippen molar-refractivity contribution in [3.8, 4) is 11.8 Å². The predicted molar refractivity (Wildman–Crippen MR) is 216 cm³/mol. The van der Waals surface area contributed by atoms with E-state index in [1.54, 1.807) is 37.3 Å². The summed E-state index contributed by atoms with van der Waals surface area (Å²) >= 11 is 6.56. The highest BCUT2D eigenvalue weighted by molar-refractivity contribution is 7.91. The molecule has 1 aromatic carbocycles. The molecule has 2 saturated carbocycles. The molecule has 4 aliphatic rings. The second kappa shape index (κ2) is 16.5. The molecule has 2 aliphatic carbocycles. The number of carbonyl (C=O) groups excluding carboxylic acids is 4. The van der Waals surface area contributed by atoms with E-state index >= 15 is 0 Å². The van der Waals surface area contributed by atoms with Gasteiger partial charge in [0.05, 0.1) is 17.4 Å². The molecule has 7 atom stereocenters. The van der Waals surface area contributed by atoms with Crippen molar-refractivity contribution in [3.63, 3.8) is 0 Å². The average Bonchev–Trinajstić information content (AvgIpc) is 4.01. The van der Waals surface area contributed by atoms with E-state index in [2.05, 4.69) is 20.3 Å². The van der Waals surface area contributed by atoms with Crippen LogP contribution < -0.4 is 24.8 Å². The van der Waals surface area contributed by atoms with Crippen molar-refractivity contribution in [2.24, 2.45) is 17.8 Å². The number of alkyl halides is 3. The number of allylic oxidation sites excluding steroid dienone is 1. The molecule has 1 saturated heterocycles. The third-order valence-electron chi connectivity index (χ3n) is 11.9. The summed E-state index contributed by atoms with van der Waals surface area (Å²) in [5, 5.41) is 6.62. The Morgan fingerprint density at radius 2 is 1.80 bits per heavy atom. The van der Waals surface area contributed by atoms with Gasteiger partial charge in [-0.15, -0.1) is 0 Å². The number of carbonyl (C=O) groups is 4. The molecular weight excluding hydrogens is 831 g/mol. The Hall–Kier alpha value is -4.32. The van der Waals surface area contributed by atoms with Gasteiger partial charge in [0.2, 0.25) is 39.2 Å². The number of pyridine rings is 1. The lowest BCUT2D eigenvalue weighted by Gasteiger charge is -2.34. The second-order valence-electron chi connectivity index (χ2n) is 17.7. The average molecular weight is 884 g/mol. The number of nitrogens with one attached hydrogen (secondary N) is 3. The molecule has 0 radical (unpaired) electrons. The van der Waals surface area contributed by atoms with Gasteiger partial charge in [0, 0.05) is 34.2 Å². The number of alkyl carbamates (subject to hydrolysis) is 1. The molecule has 14 nitrogen and oxygen atoms in total. The Bertz CT molecular complexity index is 2170. The van der Waals surface area contributed by atoms with E-state index in [-0.39, 0.29) is 43.2 Å². The summed E-state index contributed by atoms with van der Waals surface area (Å²) < 4.78 is 86.0. The summed E-state index contributed by atoms with van der Waals surface area (Å²) in [7, 11) is -4.10. The van der Waals surface area contributed by atoms with Crippen LogP contribution in [0.3, 0.4) is 0 Å². The van der Waals surface area contributed by atoms with E-state index in [1.807, 2.05) is 26.8 Å². The quantitative estimate of drug-likeness (QED) is 0.240. The van der Waals surface area contributed by atoms with Crippen LogP contribution in [0.4, 0.5) is 18.0 Å². The van der Waals surface area contributed by atoms with Gasteiger partial charge in [0.25, 0.3) is 5.91 Å². The molecule has 6 rings (SSSR count). The van der Waals surface area contributed by atoms with Gasteiger partial charge in [0.1, 0.15) is 23.7 Å². The first-order chi connectivity index (χ1) is 27.9. The number of ether oxygens (including phenoxy) is 3. The maximum Gasteiger partial charge on any atom is 0.427 e. The third-order valence-corrected chi connectivity index (χ3v) is 14.4. The Balaban J connectivity index is 1.38. The maximum absolute atomic E-state index is 14.8. The van der Waals surface area contributed by atoms with Crippen molar-refractivity contribution < 1.29 is 55.0 Å². The molecule has 19 heteroatoms. The Labute approximate surface area is 352 Å². The lowest BCUT2D eigenvalue weighted by molar-refractivity contribution is -0.244. The number of benzene rings is 1. The van der Waals surface area contributed by atoms with E-state index in [0.717, 1.165) is 0 Å². The van der Waals surface area contributed by atoms with Crippen molar-refractivity contribution in [1.29, 1.82) is 0 Å². The third kappa shape index (κ3) is 9.43. The topological polar surface area (TPSA) is 182 Å². The van der Waals surface area contributed by atoms with Crippen LogP contribution in [0, 0.1) is 17.8 Å². The minimum Gasteiger partial charge on any atom is -0.475 e. The summed E-state index contributed by atoms with van der Waals surface area (Å²) in [5.41, 5.74) is -4.56. The fraction of sp³-hybridized carbons (Fsp3) is 0.634. The number of sulfonamides is 1. The second-order valence-corrected chi connectivity index (χ2v) is 20.4. The van der Waals surface area contributed by atoms with E-state index < -0.39 is 85.9 Å². The highest BCUT2D eigenvalue weighted by Crippen LogP contribution is 2.48. The van der Waals surface area contributed by atoms with Crippen LogP contribution in [0.15, 0.2) is 36.4 Å². The van der Waals surface area contributed by atoms with Crippen LogP contribution in [0.1, 0.15) is 93.4 Å². The number of hydrogen-bond acceptors (Lipinski definition) is 10. The lowest BCUT2D eigenvalue weighted by Crippen LogP contribution is -2.59. The van der Waals surface area contributed by atoms with Gasteiger partial charge in [-0.2, -0.15) is 18.2 Å². The molecular formula is C41H53ClF3N5O9S. The van der Waals surface area contributed by atoms with Gasteiger partial charge in [-0.1, -0.05) is 43.7 Å². The predicted octanol–water partition coefficient (Wildman–Crippen LogP) is 6.35. The minimum atomic E-state index is -4.93. The Kier molecular flexibility index (Phi) is 12.4. The molecule has 0 spiro atoms. The molecule has 0 bridgehead atoms. The van der Waals surface area contributed by atoms with E-state index in [0.29, 0.717) is 61.7 Å². The molecule has 4 amide bonds. The van der Waals surface area contributed by atoms with Gasteiger partial charge in [-0.25, -0.2) is 13.2 Å². The number of rotatable bonds is 9. The van der Waals surface area contributed by atoms with Crippen LogP contribution in [0.25, 0.3) is 10.8 Å². The van der Waals surface area contributed by atoms with Crippen LogP contribution in [0.5, 0.6) is 11.8 Å². The summed E-state index contributed by atoms with van der Waals surface area (Å²) in [5.74, 6) is -3.50. The molecule has 60 heavy (non-hydrogen) atoms. The first-order valence-electron chi connectivity index (χ1n) is 20.2. The van der Waals surface area contributed by atoms with Crippen LogP contribution in [-0.4, -0.2) is 95.0 Å². The maximum atomic E-state index is 14.8. The van der Waals surface area contributed by atoms with Crippen molar-refractivity contribution in [2.45, 2.75) is 140 Å². The monoisotopic (exact) mass is 883 g/mol. The molecule has 2 aliphatic heterocycles. The van der Waals surface area contributed by atoms with E-state index in [4.69, 9.17) is 25.8 Å². The smallest absolute Gasteiger partial charge is 0.427 e. The fourth-order valence-electron chi connectivity index (χ4n) is 7.78. The highest BCUT2D eigenvalue weighted by atomic mass is 35.5. The van der Waals surface area contributed by atoms with Gasteiger partial charge in [-0.3, -0.25) is 19.1 Å². The molecule has 330 valence electrons. The molecule has 3 fully saturated rings. The summed E-state index contributed by atoms with van der Waals surface area (Å²) in [6, 6.07) is 3.94. The molecule has 3 heterocycles. The van der Waals surface area contributed by atoms with Crippen molar-refractivity contribution in [1.82, 2.24) is 25.2 Å². The molecule has 2 aromatic rings. The number of amides is 4. The van der Waals surface area contributed by atoms with Crippen LogP contribution >= 0.6 is 11.6 Å². The van der Waals surface area contributed by atoms with Gasteiger partial charge in [0.15, 0.2) is 0 Å². The van der Waals surface area contributed by atoms with E-state index in [1.165, 1.54) is 11.8 Å². The lowest BCUT2D eigenvalue weighted by atomic mass is 9.88. The first-order valence-corrected chi connectivity index (χ1v) is 22.1. The normalized spacial score (nSPS) is 29.0. The Morgan fingerprint density at radius 1 is 1.10 bits per heavy atom. The molecule has 1 unspecified atom stereocenters. The summed E-state index contributed by atoms with van der Waals surface area (Å²) in [6.45, 7) is 9.88. The number of halogens is 4. The van der Waals surface area contributed by atoms with Gasteiger partial charge in [-0.05, 0) is 97.1 Å². The summed E-state index contributed by atoms with van der Waals surface area (Å²) in [4.78, 5) is 62.3. The molecule has 3 N–H and O–H groups in total. The number of fused-ring (bicyclic) bond motifs is 3. The zero-order valence-electron chi connectivity index (χ0n) is 34.7. The highest BCUT2D eigenvalue weighted by Gasteiger charge is 2.63. The fourth-order valence-corrected chi connectivity index (χ4v) is 9.32. The van der Waals surface area contributed by atoms with Crippen LogP contribution in [0.2, 0.25) is 5.02 Å². The zero-order chi connectivity index (χ0) is 44.2. The SMILES string of the molecule is CC(C)Oc1cc2c(Cl)cccc2c(O[C@@H]2C[C@H]3C(=O)N[C@]4(C(=O)NS(=O)(=O)C5(C)CC5)CC4/C=C\CC[C@H](C)C[C@@H](C)[C@H](NC(=O)OC(C)(C)C(F)(F)F)C(=O)N3C2)n1. The van der Waals surface area contributed by atoms with Gasteiger partial charge >= 0.3 is 12.3 Å². The number of aromatic nitrogens is 1. The number of nitrogens with zero attached hydrogens (tertiary/aromatic N) is 2. The molecule has 1 aromatic heterocycles. The van der Waals surface area contributed by atoms with Gasteiger partial charge < -0.3 is 29.7 Å². The summed E-state index contributed by atoms with van der Waals surface area (Å²) in [6.07, 6.45) is -1.83. The van der Waals surface area contributed by atoms with Crippen molar-refractivity contribution in [2.75, 3.05) is 6.54 Å². The first kappa shape index (κ1) is 45.2. The largest absolute Gasteiger partial charge is 0.475 e.